The second-order valence-corrected chi connectivity index (χ2v) is 5.28. The lowest BCUT2D eigenvalue weighted by Crippen LogP contribution is -2.25. The molecule has 0 aliphatic rings. The molecule has 0 aliphatic heterocycles. The van der Waals surface area contributed by atoms with Gasteiger partial charge in [-0.15, -0.1) is 0 Å². The van der Waals surface area contributed by atoms with Gasteiger partial charge in [0.1, 0.15) is 11.9 Å². The third-order valence-corrected chi connectivity index (χ3v) is 3.40. The van der Waals surface area contributed by atoms with Crippen LogP contribution < -0.4 is 10.6 Å². The maximum atomic E-state index is 12.8. The van der Waals surface area contributed by atoms with Gasteiger partial charge >= 0.3 is 0 Å². The summed E-state index contributed by atoms with van der Waals surface area (Å²) in [4.78, 5) is 11.8. The molecule has 2 N–H and O–H groups in total. The summed E-state index contributed by atoms with van der Waals surface area (Å²) in [6, 6.07) is 12.5. The van der Waals surface area contributed by atoms with E-state index in [0.29, 0.717) is 41.3 Å². The SMILES string of the molecule is N#Cc1ccc(Cl)cc1NCCCNC(=O)c1ccc(F)cc1. The lowest BCUT2D eigenvalue weighted by Gasteiger charge is -2.09. The molecule has 1 amide bonds. The normalized spacial score (nSPS) is 9.96. The standard InChI is InChI=1S/C17H15ClFN3O/c18-14-5-2-13(11-20)16(10-14)21-8-1-9-22-17(23)12-3-6-15(19)7-4-12/h2-7,10,21H,1,8-9H2,(H,22,23). The van der Waals surface area contributed by atoms with Crippen LogP contribution in [0, 0.1) is 17.1 Å². The van der Waals surface area contributed by atoms with Crippen molar-refractivity contribution >= 4 is 23.2 Å². The summed E-state index contributed by atoms with van der Waals surface area (Å²) in [6.07, 6.45) is 0.671. The van der Waals surface area contributed by atoms with Crippen LogP contribution in [0.4, 0.5) is 10.1 Å². The van der Waals surface area contributed by atoms with Crippen LogP contribution in [0.5, 0.6) is 0 Å². The number of amides is 1. The minimum absolute atomic E-state index is 0.245. The van der Waals surface area contributed by atoms with Crippen molar-refractivity contribution < 1.29 is 9.18 Å². The zero-order valence-electron chi connectivity index (χ0n) is 12.3. The molecule has 2 aromatic carbocycles. The van der Waals surface area contributed by atoms with Crippen LogP contribution in [-0.2, 0) is 0 Å². The van der Waals surface area contributed by atoms with Gasteiger partial charge in [0.2, 0.25) is 0 Å². The molecule has 23 heavy (non-hydrogen) atoms. The highest BCUT2D eigenvalue weighted by atomic mass is 35.5. The van der Waals surface area contributed by atoms with Crippen LogP contribution in [0.15, 0.2) is 42.5 Å². The Balaban J connectivity index is 1.76. The first-order chi connectivity index (χ1) is 11.1. The molecule has 0 fully saturated rings. The van der Waals surface area contributed by atoms with E-state index in [-0.39, 0.29) is 11.7 Å². The smallest absolute Gasteiger partial charge is 0.251 e. The minimum atomic E-state index is -0.374. The summed E-state index contributed by atoms with van der Waals surface area (Å²) in [5, 5.41) is 15.4. The van der Waals surface area contributed by atoms with Crippen molar-refractivity contribution in [2.45, 2.75) is 6.42 Å². The van der Waals surface area contributed by atoms with Gasteiger partial charge in [-0.1, -0.05) is 11.6 Å². The van der Waals surface area contributed by atoms with E-state index in [9.17, 15) is 9.18 Å². The van der Waals surface area contributed by atoms with Crippen LogP contribution >= 0.6 is 11.6 Å². The Morgan fingerprint density at radius 2 is 1.91 bits per heavy atom. The fourth-order valence-corrected chi connectivity index (χ4v) is 2.15. The van der Waals surface area contributed by atoms with Crippen LogP contribution in [0.2, 0.25) is 5.02 Å². The lowest BCUT2D eigenvalue weighted by molar-refractivity contribution is 0.0953. The maximum absolute atomic E-state index is 12.8. The summed E-state index contributed by atoms with van der Waals surface area (Å²) in [5.41, 5.74) is 1.61. The number of hydrogen-bond acceptors (Lipinski definition) is 3. The molecule has 0 radical (unpaired) electrons. The summed E-state index contributed by atoms with van der Waals surface area (Å²) < 4.78 is 12.8. The van der Waals surface area contributed by atoms with Gasteiger partial charge in [-0.3, -0.25) is 4.79 Å². The molecule has 0 heterocycles. The van der Waals surface area contributed by atoms with E-state index in [1.165, 1.54) is 24.3 Å². The number of carbonyl (C=O) groups excluding carboxylic acids is 1. The van der Waals surface area contributed by atoms with Gasteiger partial charge in [0, 0.05) is 23.7 Å². The molecular weight excluding hydrogens is 317 g/mol. The van der Waals surface area contributed by atoms with Crippen molar-refractivity contribution in [3.63, 3.8) is 0 Å². The van der Waals surface area contributed by atoms with Gasteiger partial charge < -0.3 is 10.6 Å². The fraction of sp³-hybridized carbons (Fsp3) is 0.176. The fourth-order valence-electron chi connectivity index (χ4n) is 1.98. The van der Waals surface area contributed by atoms with E-state index in [4.69, 9.17) is 16.9 Å². The summed E-state index contributed by atoms with van der Waals surface area (Å²) in [7, 11) is 0. The van der Waals surface area contributed by atoms with E-state index in [1.807, 2.05) is 0 Å². The first-order valence-electron chi connectivity index (χ1n) is 7.07. The number of nitrogens with one attached hydrogen (secondary N) is 2. The zero-order chi connectivity index (χ0) is 16.7. The Labute approximate surface area is 138 Å². The van der Waals surface area contributed by atoms with Crippen LogP contribution in [0.1, 0.15) is 22.3 Å². The molecule has 0 aliphatic carbocycles. The molecule has 6 heteroatoms. The predicted molar refractivity (Wildman–Crippen MR) is 88.0 cm³/mol. The average molecular weight is 332 g/mol. The van der Waals surface area contributed by atoms with Crippen molar-refractivity contribution in [2.75, 3.05) is 18.4 Å². The Hall–Kier alpha value is -2.58. The van der Waals surface area contributed by atoms with Crippen molar-refractivity contribution in [3.8, 4) is 6.07 Å². The first-order valence-corrected chi connectivity index (χ1v) is 7.45. The third-order valence-electron chi connectivity index (χ3n) is 3.16. The van der Waals surface area contributed by atoms with Gasteiger partial charge in [-0.05, 0) is 48.9 Å². The lowest BCUT2D eigenvalue weighted by atomic mass is 10.2. The van der Waals surface area contributed by atoms with E-state index in [1.54, 1.807) is 18.2 Å². The Morgan fingerprint density at radius 1 is 1.17 bits per heavy atom. The summed E-state index contributed by atoms with van der Waals surface area (Å²) in [6.45, 7) is 1.05. The number of carbonyl (C=O) groups is 1. The molecule has 2 aromatic rings. The average Bonchev–Trinajstić information content (AvgIpc) is 2.55. The third kappa shape index (κ3) is 4.97. The second-order valence-electron chi connectivity index (χ2n) is 4.84. The van der Waals surface area contributed by atoms with Crippen molar-refractivity contribution in [1.29, 1.82) is 5.26 Å². The van der Waals surface area contributed by atoms with Crippen molar-refractivity contribution in [2.24, 2.45) is 0 Å². The van der Waals surface area contributed by atoms with Crippen molar-refractivity contribution in [1.82, 2.24) is 5.32 Å². The maximum Gasteiger partial charge on any atom is 0.251 e. The van der Waals surface area contributed by atoms with Gasteiger partial charge in [0.15, 0.2) is 0 Å². The topological polar surface area (TPSA) is 64.9 Å². The monoisotopic (exact) mass is 331 g/mol. The number of rotatable bonds is 6. The summed E-state index contributed by atoms with van der Waals surface area (Å²) in [5.74, 6) is -0.619. The quantitative estimate of drug-likeness (QED) is 0.795. The molecule has 0 aromatic heterocycles. The minimum Gasteiger partial charge on any atom is -0.384 e. The molecule has 0 saturated heterocycles. The molecule has 0 spiro atoms. The predicted octanol–water partition coefficient (Wildman–Crippen LogP) is 3.58. The van der Waals surface area contributed by atoms with Gasteiger partial charge in [0.05, 0.1) is 11.3 Å². The van der Waals surface area contributed by atoms with Gasteiger partial charge in [-0.2, -0.15) is 5.26 Å². The van der Waals surface area contributed by atoms with Gasteiger partial charge in [-0.25, -0.2) is 4.39 Å². The van der Waals surface area contributed by atoms with E-state index < -0.39 is 0 Å². The molecule has 0 unspecified atom stereocenters. The highest BCUT2D eigenvalue weighted by molar-refractivity contribution is 6.30. The first kappa shape index (κ1) is 16.8. The Kier molecular flexibility index (Phi) is 5.95. The Morgan fingerprint density at radius 3 is 2.61 bits per heavy atom. The highest BCUT2D eigenvalue weighted by Gasteiger charge is 2.05. The molecule has 118 valence electrons. The summed E-state index contributed by atoms with van der Waals surface area (Å²) >= 11 is 5.90. The molecule has 0 atom stereocenters. The van der Waals surface area contributed by atoms with E-state index >= 15 is 0 Å². The number of nitrogens with zero attached hydrogens (tertiary/aromatic N) is 1. The van der Waals surface area contributed by atoms with Crippen LogP contribution in [0.3, 0.4) is 0 Å². The van der Waals surface area contributed by atoms with Crippen LogP contribution in [0.25, 0.3) is 0 Å². The number of anilines is 1. The number of halogens is 2. The molecule has 4 nitrogen and oxygen atoms in total. The largest absolute Gasteiger partial charge is 0.384 e. The van der Waals surface area contributed by atoms with Gasteiger partial charge in [0.25, 0.3) is 5.91 Å². The zero-order valence-corrected chi connectivity index (χ0v) is 13.0. The highest BCUT2D eigenvalue weighted by Crippen LogP contribution is 2.20. The number of nitriles is 1. The molecule has 0 bridgehead atoms. The molecule has 0 saturated carbocycles. The Bertz CT molecular complexity index is 726. The van der Waals surface area contributed by atoms with E-state index in [0.717, 1.165) is 0 Å². The molecule has 2 rings (SSSR count). The van der Waals surface area contributed by atoms with Crippen LogP contribution in [-0.4, -0.2) is 19.0 Å². The number of hydrogen-bond donors (Lipinski definition) is 2. The van der Waals surface area contributed by atoms with Crippen molar-refractivity contribution in [3.05, 3.63) is 64.4 Å². The van der Waals surface area contributed by atoms with E-state index in [2.05, 4.69) is 16.7 Å². The molecular formula is C17H15ClFN3O. The second kappa shape index (κ2) is 8.16. The number of benzene rings is 2.